The molecular formula is C16H19Cl2N3. The lowest BCUT2D eigenvalue weighted by molar-refractivity contribution is 0.938. The van der Waals surface area contributed by atoms with Crippen LogP contribution in [0, 0.1) is 6.92 Å². The van der Waals surface area contributed by atoms with E-state index in [2.05, 4.69) is 29.1 Å². The minimum Gasteiger partial charge on any atom is -0.370 e. The van der Waals surface area contributed by atoms with Gasteiger partial charge in [-0.1, -0.05) is 43.1 Å². The molecule has 21 heavy (non-hydrogen) atoms. The molecular weight excluding hydrogens is 305 g/mol. The minimum atomic E-state index is 0.563. The summed E-state index contributed by atoms with van der Waals surface area (Å²) in [5.41, 5.74) is 2.78. The van der Waals surface area contributed by atoms with Crippen molar-refractivity contribution in [3.63, 3.8) is 0 Å². The fourth-order valence-electron chi connectivity index (χ4n) is 2.23. The monoisotopic (exact) mass is 323 g/mol. The lowest BCUT2D eigenvalue weighted by atomic mass is 10.1. The van der Waals surface area contributed by atoms with Crippen LogP contribution in [0.25, 0.3) is 11.4 Å². The molecule has 5 heteroatoms. The fourth-order valence-corrected chi connectivity index (χ4v) is 2.80. The fraction of sp³-hybridized carbons (Fsp3) is 0.375. The summed E-state index contributed by atoms with van der Waals surface area (Å²) in [7, 11) is 0. The van der Waals surface area contributed by atoms with Crippen molar-refractivity contribution in [2.24, 2.45) is 0 Å². The van der Waals surface area contributed by atoms with Gasteiger partial charge in [-0.3, -0.25) is 0 Å². The van der Waals surface area contributed by atoms with Crippen LogP contribution >= 0.6 is 23.2 Å². The van der Waals surface area contributed by atoms with E-state index in [1.165, 1.54) is 0 Å². The number of nitrogens with zero attached hydrogens (tertiary/aromatic N) is 2. The second-order valence-corrected chi connectivity index (χ2v) is 5.65. The average molecular weight is 324 g/mol. The zero-order valence-corrected chi connectivity index (χ0v) is 14.0. The van der Waals surface area contributed by atoms with Crippen LogP contribution in [-0.4, -0.2) is 16.5 Å². The summed E-state index contributed by atoms with van der Waals surface area (Å²) in [5.74, 6) is 1.44. The highest BCUT2D eigenvalue weighted by Crippen LogP contribution is 2.34. The van der Waals surface area contributed by atoms with Gasteiger partial charge in [0.05, 0.1) is 15.6 Å². The van der Waals surface area contributed by atoms with E-state index < -0.39 is 0 Å². The summed E-state index contributed by atoms with van der Waals surface area (Å²) < 4.78 is 0. The van der Waals surface area contributed by atoms with E-state index in [0.29, 0.717) is 21.4 Å². The van der Waals surface area contributed by atoms with Crippen LogP contribution in [-0.2, 0) is 6.42 Å². The maximum atomic E-state index is 6.26. The summed E-state index contributed by atoms with van der Waals surface area (Å²) in [6, 6.07) is 5.42. The van der Waals surface area contributed by atoms with Gasteiger partial charge in [-0.25, -0.2) is 9.97 Å². The van der Waals surface area contributed by atoms with Crippen LogP contribution < -0.4 is 5.32 Å². The van der Waals surface area contributed by atoms with Gasteiger partial charge >= 0.3 is 0 Å². The highest BCUT2D eigenvalue weighted by Gasteiger charge is 2.15. The van der Waals surface area contributed by atoms with Crippen molar-refractivity contribution in [1.82, 2.24) is 9.97 Å². The van der Waals surface area contributed by atoms with Crippen molar-refractivity contribution in [3.8, 4) is 11.4 Å². The van der Waals surface area contributed by atoms with Gasteiger partial charge in [0.2, 0.25) is 0 Å². The van der Waals surface area contributed by atoms with E-state index in [-0.39, 0.29) is 0 Å². The summed E-state index contributed by atoms with van der Waals surface area (Å²) >= 11 is 12.5. The number of aromatic nitrogens is 2. The smallest absolute Gasteiger partial charge is 0.164 e. The molecule has 2 aromatic rings. The van der Waals surface area contributed by atoms with Gasteiger partial charge in [0, 0.05) is 17.8 Å². The Kier molecular flexibility index (Phi) is 5.43. The summed E-state index contributed by atoms with van der Waals surface area (Å²) in [6.45, 7) is 7.09. The standard InChI is InChI=1S/C16H19Cl2N3/c1-4-9-19-15-11(5-2)10(3)20-16(21-15)14-12(17)7-6-8-13(14)18/h6-8H,4-5,9H2,1-3H3,(H,19,20,21). The molecule has 1 aromatic heterocycles. The molecule has 0 saturated carbocycles. The number of halogens is 2. The van der Waals surface area contributed by atoms with Gasteiger partial charge in [-0.05, 0) is 31.9 Å². The van der Waals surface area contributed by atoms with Crippen LogP contribution in [0.4, 0.5) is 5.82 Å². The summed E-state index contributed by atoms with van der Waals surface area (Å²) in [5, 5.41) is 4.49. The minimum absolute atomic E-state index is 0.563. The Morgan fingerprint density at radius 2 is 1.76 bits per heavy atom. The van der Waals surface area contributed by atoms with E-state index in [1.807, 2.05) is 13.0 Å². The van der Waals surface area contributed by atoms with Crippen molar-refractivity contribution >= 4 is 29.0 Å². The molecule has 0 atom stereocenters. The number of rotatable bonds is 5. The first kappa shape index (κ1) is 16.1. The lowest BCUT2D eigenvalue weighted by Gasteiger charge is -2.14. The third-order valence-corrected chi connectivity index (χ3v) is 3.93. The predicted molar refractivity (Wildman–Crippen MR) is 90.4 cm³/mol. The number of hydrogen-bond acceptors (Lipinski definition) is 3. The third kappa shape index (κ3) is 3.47. The first-order valence-electron chi connectivity index (χ1n) is 7.14. The molecule has 0 fully saturated rings. The van der Waals surface area contributed by atoms with Gasteiger partial charge in [-0.15, -0.1) is 0 Å². The topological polar surface area (TPSA) is 37.8 Å². The highest BCUT2D eigenvalue weighted by molar-refractivity contribution is 6.38. The highest BCUT2D eigenvalue weighted by atomic mass is 35.5. The van der Waals surface area contributed by atoms with Crippen LogP contribution in [0.2, 0.25) is 10.0 Å². The Morgan fingerprint density at radius 1 is 1.10 bits per heavy atom. The van der Waals surface area contributed by atoms with E-state index in [1.54, 1.807) is 12.1 Å². The molecule has 0 spiro atoms. The Morgan fingerprint density at radius 3 is 2.33 bits per heavy atom. The lowest BCUT2D eigenvalue weighted by Crippen LogP contribution is -2.09. The average Bonchev–Trinajstić information content (AvgIpc) is 2.44. The molecule has 112 valence electrons. The van der Waals surface area contributed by atoms with E-state index in [9.17, 15) is 0 Å². The maximum absolute atomic E-state index is 6.26. The third-order valence-electron chi connectivity index (χ3n) is 3.30. The van der Waals surface area contributed by atoms with Gasteiger partial charge in [0.1, 0.15) is 5.82 Å². The van der Waals surface area contributed by atoms with Crippen molar-refractivity contribution < 1.29 is 0 Å². The second kappa shape index (κ2) is 7.10. The molecule has 0 bridgehead atoms. The molecule has 1 heterocycles. The number of anilines is 1. The van der Waals surface area contributed by atoms with Crippen molar-refractivity contribution in [1.29, 1.82) is 0 Å². The Balaban J connectivity index is 2.57. The summed E-state index contributed by atoms with van der Waals surface area (Å²) in [4.78, 5) is 9.23. The Labute approximate surface area is 135 Å². The van der Waals surface area contributed by atoms with Gasteiger partial charge in [-0.2, -0.15) is 0 Å². The molecule has 0 unspecified atom stereocenters. The molecule has 0 saturated heterocycles. The largest absolute Gasteiger partial charge is 0.370 e. The van der Waals surface area contributed by atoms with E-state index in [0.717, 1.165) is 36.5 Å². The number of nitrogens with one attached hydrogen (secondary N) is 1. The number of aryl methyl sites for hydroxylation is 1. The van der Waals surface area contributed by atoms with Crippen molar-refractivity contribution in [2.45, 2.75) is 33.6 Å². The first-order valence-corrected chi connectivity index (χ1v) is 7.89. The number of hydrogen-bond donors (Lipinski definition) is 1. The zero-order chi connectivity index (χ0) is 15.4. The van der Waals surface area contributed by atoms with Crippen LogP contribution in [0.15, 0.2) is 18.2 Å². The van der Waals surface area contributed by atoms with Crippen LogP contribution in [0.1, 0.15) is 31.5 Å². The second-order valence-electron chi connectivity index (χ2n) is 4.84. The number of benzene rings is 1. The van der Waals surface area contributed by atoms with Crippen molar-refractivity contribution in [2.75, 3.05) is 11.9 Å². The molecule has 0 aliphatic carbocycles. The first-order chi connectivity index (χ1) is 10.1. The predicted octanol–water partition coefficient (Wildman–Crippen LogP) is 5.14. The molecule has 3 nitrogen and oxygen atoms in total. The molecule has 0 radical (unpaired) electrons. The molecule has 2 rings (SSSR count). The Bertz CT molecular complexity index is 621. The van der Waals surface area contributed by atoms with E-state index >= 15 is 0 Å². The maximum Gasteiger partial charge on any atom is 0.164 e. The Hall–Kier alpha value is -1.32. The molecule has 0 amide bonds. The van der Waals surface area contributed by atoms with Crippen LogP contribution in [0.3, 0.4) is 0 Å². The normalized spacial score (nSPS) is 10.7. The summed E-state index contributed by atoms with van der Waals surface area (Å²) in [6.07, 6.45) is 1.92. The zero-order valence-electron chi connectivity index (χ0n) is 12.5. The molecule has 0 aliphatic heterocycles. The SMILES string of the molecule is CCCNc1nc(-c2c(Cl)cccc2Cl)nc(C)c1CC. The quantitative estimate of drug-likeness (QED) is 0.827. The molecule has 0 aliphatic rings. The van der Waals surface area contributed by atoms with Crippen molar-refractivity contribution in [3.05, 3.63) is 39.5 Å². The molecule has 1 N–H and O–H groups in total. The van der Waals surface area contributed by atoms with Gasteiger partial charge in [0.25, 0.3) is 0 Å². The van der Waals surface area contributed by atoms with Gasteiger partial charge in [0.15, 0.2) is 5.82 Å². The van der Waals surface area contributed by atoms with Crippen LogP contribution in [0.5, 0.6) is 0 Å². The van der Waals surface area contributed by atoms with E-state index in [4.69, 9.17) is 23.2 Å². The molecule has 1 aromatic carbocycles. The van der Waals surface area contributed by atoms with Gasteiger partial charge < -0.3 is 5.32 Å².